The van der Waals surface area contributed by atoms with Gasteiger partial charge in [0.2, 0.25) is 0 Å². The van der Waals surface area contributed by atoms with Gasteiger partial charge in [0.15, 0.2) is 12.6 Å². The molecule has 2 N–H and O–H groups in total. The lowest BCUT2D eigenvalue weighted by Crippen LogP contribution is -2.28. The van der Waals surface area contributed by atoms with Gasteiger partial charge in [-0.3, -0.25) is 0 Å². The zero-order chi connectivity index (χ0) is 14.8. The first-order valence-electron chi connectivity index (χ1n) is 7.40. The van der Waals surface area contributed by atoms with E-state index in [-0.39, 0.29) is 12.2 Å². The molecule has 20 heavy (non-hydrogen) atoms. The van der Waals surface area contributed by atoms with E-state index in [1.807, 2.05) is 0 Å². The van der Waals surface area contributed by atoms with Crippen LogP contribution in [-0.4, -0.2) is 61.4 Å². The highest BCUT2D eigenvalue weighted by molar-refractivity contribution is 4.73. The lowest BCUT2D eigenvalue weighted by molar-refractivity contribution is -0.119. The fourth-order valence-electron chi connectivity index (χ4n) is 2.23. The predicted octanol–water partition coefficient (Wildman–Crippen LogP) is 1.04. The third kappa shape index (κ3) is 8.84. The van der Waals surface area contributed by atoms with Crippen molar-refractivity contribution in [3.8, 4) is 0 Å². The van der Waals surface area contributed by atoms with Crippen molar-refractivity contribution in [1.29, 1.82) is 0 Å². The van der Waals surface area contributed by atoms with Crippen LogP contribution in [0, 0.1) is 0 Å². The van der Waals surface area contributed by atoms with E-state index in [4.69, 9.17) is 29.2 Å². The Morgan fingerprint density at radius 1 is 0.750 bits per heavy atom. The van der Waals surface area contributed by atoms with Gasteiger partial charge in [0, 0.05) is 0 Å². The van der Waals surface area contributed by atoms with Crippen molar-refractivity contribution in [1.82, 2.24) is 0 Å². The van der Waals surface area contributed by atoms with E-state index in [2.05, 4.69) is 0 Å². The number of rotatable bonds is 10. The second-order valence-electron chi connectivity index (χ2n) is 5.08. The van der Waals surface area contributed by atoms with Crippen molar-refractivity contribution in [3.05, 3.63) is 0 Å². The number of aliphatic hydroxyl groups excluding tert-OH is 2. The van der Waals surface area contributed by atoms with Crippen molar-refractivity contribution >= 4 is 0 Å². The van der Waals surface area contributed by atoms with E-state index in [1.54, 1.807) is 13.8 Å². The van der Waals surface area contributed by atoms with Gasteiger partial charge in [0.25, 0.3) is 0 Å². The maximum atomic E-state index is 8.94. The topological polar surface area (TPSA) is 77.4 Å². The highest BCUT2D eigenvalue weighted by atomic mass is 16.6. The molecule has 0 aromatic carbocycles. The Balaban J connectivity index is 1.97. The summed E-state index contributed by atoms with van der Waals surface area (Å²) >= 11 is 0. The Kier molecular flexibility index (Phi) is 9.33. The first-order valence-corrected chi connectivity index (χ1v) is 7.40. The monoisotopic (exact) mass is 292 g/mol. The summed E-state index contributed by atoms with van der Waals surface area (Å²) in [6, 6.07) is 0. The summed E-state index contributed by atoms with van der Waals surface area (Å²) in [5, 5.41) is 17.9. The molecule has 0 radical (unpaired) electrons. The Hall–Kier alpha value is -0.240. The molecule has 2 unspecified atom stereocenters. The lowest BCUT2D eigenvalue weighted by Gasteiger charge is -2.28. The van der Waals surface area contributed by atoms with Crippen LogP contribution in [0.4, 0.5) is 0 Å². The van der Waals surface area contributed by atoms with Crippen LogP contribution in [0.3, 0.4) is 0 Å². The van der Waals surface area contributed by atoms with E-state index < -0.39 is 12.6 Å². The highest BCUT2D eigenvalue weighted by Gasteiger charge is 2.21. The summed E-state index contributed by atoms with van der Waals surface area (Å²) in [5.41, 5.74) is 0. The van der Waals surface area contributed by atoms with E-state index in [0.717, 1.165) is 25.7 Å². The molecule has 1 saturated carbocycles. The largest absolute Gasteiger partial charge is 0.376 e. The van der Waals surface area contributed by atoms with Gasteiger partial charge in [-0.25, -0.2) is 0 Å². The Morgan fingerprint density at radius 2 is 1.10 bits per heavy atom. The first kappa shape index (κ1) is 17.8. The van der Waals surface area contributed by atoms with Gasteiger partial charge in [-0.15, -0.1) is 0 Å². The quantitative estimate of drug-likeness (QED) is 0.463. The molecule has 0 amide bonds. The second kappa shape index (κ2) is 10.5. The summed E-state index contributed by atoms with van der Waals surface area (Å²) < 4.78 is 21.4. The van der Waals surface area contributed by atoms with Crippen LogP contribution in [0.2, 0.25) is 0 Å². The van der Waals surface area contributed by atoms with E-state index in [1.165, 1.54) is 0 Å². The van der Waals surface area contributed by atoms with Crippen LogP contribution in [0.25, 0.3) is 0 Å². The summed E-state index contributed by atoms with van der Waals surface area (Å²) in [6.45, 7) is 5.05. The molecule has 6 heteroatoms. The molecular weight excluding hydrogens is 264 g/mol. The van der Waals surface area contributed by atoms with Crippen molar-refractivity contribution in [2.24, 2.45) is 0 Å². The molecule has 2 atom stereocenters. The molecule has 1 fully saturated rings. The molecule has 0 heterocycles. The fourth-order valence-corrected chi connectivity index (χ4v) is 2.23. The van der Waals surface area contributed by atoms with Crippen LogP contribution in [0.15, 0.2) is 0 Å². The van der Waals surface area contributed by atoms with Gasteiger partial charge < -0.3 is 29.2 Å². The summed E-state index contributed by atoms with van der Waals surface area (Å²) in [5.74, 6) is 0. The van der Waals surface area contributed by atoms with Gasteiger partial charge >= 0.3 is 0 Å². The fraction of sp³-hybridized carbons (Fsp3) is 1.00. The maximum Gasteiger partial charge on any atom is 0.151 e. The van der Waals surface area contributed by atoms with Gasteiger partial charge in [0.05, 0.1) is 38.6 Å². The van der Waals surface area contributed by atoms with Gasteiger partial charge in [-0.05, 0) is 39.5 Å². The predicted molar refractivity (Wildman–Crippen MR) is 73.2 cm³/mol. The molecular formula is C14H28O6. The number of aliphatic hydroxyl groups is 2. The average molecular weight is 292 g/mol. The van der Waals surface area contributed by atoms with Gasteiger partial charge in [-0.2, -0.15) is 0 Å². The van der Waals surface area contributed by atoms with Crippen molar-refractivity contribution < 1.29 is 29.2 Å². The minimum absolute atomic E-state index is 0.265. The molecule has 1 aliphatic rings. The Morgan fingerprint density at radius 3 is 1.40 bits per heavy atom. The molecule has 0 saturated heterocycles. The van der Waals surface area contributed by atoms with Gasteiger partial charge in [0.1, 0.15) is 0 Å². The highest BCUT2D eigenvalue weighted by Crippen LogP contribution is 2.23. The van der Waals surface area contributed by atoms with Crippen molar-refractivity contribution in [2.75, 3.05) is 26.4 Å². The SMILES string of the molecule is CC(O)OCCOC1CCC(OCCOC(C)O)CC1. The molecule has 0 aromatic rings. The summed E-state index contributed by atoms with van der Waals surface area (Å²) in [7, 11) is 0. The van der Waals surface area contributed by atoms with Gasteiger partial charge in [-0.1, -0.05) is 0 Å². The van der Waals surface area contributed by atoms with Crippen LogP contribution < -0.4 is 0 Å². The summed E-state index contributed by atoms with van der Waals surface area (Å²) in [4.78, 5) is 0. The number of hydrogen-bond donors (Lipinski definition) is 2. The number of ether oxygens (including phenoxy) is 4. The Bertz CT molecular complexity index is 202. The molecule has 0 aliphatic heterocycles. The minimum atomic E-state index is -0.730. The van der Waals surface area contributed by atoms with Crippen LogP contribution >= 0.6 is 0 Å². The molecule has 0 aromatic heterocycles. The zero-order valence-electron chi connectivity index (χ0n) is 12.5. The molecule has 1 rings (SSSR count). The van der Waals surface area contributed by atoms with Crippen molar-refractivity contribution in [2.45, 2.75) is 64.3 Å². The normalized spacial score (nSPS) is 26.4. The molecule has 1 aliphatic carbocycles. The average Bonchev–Trinajstić information content (AvgIpc) is 2.41. The third-order valence-electron chi connectivity index (χ3n) is 3.21. The van der Waals surface area contributed by atoms with Crippen LogP contribution in [0.1, 0.15) is 39.5 Å². The van der Waals surface area contributed by atoms with E-state index in [9.17, 15) is 0 Å². The van der Waals surface area contributed by atoms with Crippen LogP contribution in [0.5, 0.6) is 0 Å². The summed E-state index contributed by atoms with van der Waals surface area (Å²) in [6.07, 6.45) is 3.00. The smallest absolute Gasteiger partial charge is 0.151 e. The minimum Gasteiger partial charge on any atom is -0.376 e. The van der Waals surface area contributed by atoms with E-state index >= 15 is 0 Å². The third-order valence-corrected chi connectivity index (χ3v) is 3.21. The maximum absolute atomic E-state index is 8.94. The Labute approximate surface area is 121 Å². The first-order chi connectivity index (χ1) is 9.58. The zero-order valence-corrected chi connectivity index (χ0v) is 12.5. The molecule has 120 valence electrons. The standard InChI is InChI=1S/C14H28O6/c1-11(15)17-7-9-19-13-3-5-14(6-4-13)20-10-8-18-12(2)16/h11-16H,3-10H2,1-2H3. The molecule has 0 spiro atoms. The second-order valence-corrected chi connectivity index (χ2v) is 5.08. The van der Waals surface area contributed by atoms with Crippen LogP contribution in [-0.2, 0) is 18.9 Å². The lowest BCUT2D eigenvalue weighted by atomic mass is 9.95. The number of hydrogen-bond acceptors (Lipinski definition) is 6. The molecule has 6 nitrogen and oxygen atoms in total. The van der Waals surface area contributed by atoms with Crippen molar-refractivity contribution in [3.63, 3.8) is 0 Å². The molecule has 0 bridgehead atoms. The van der Waals surface area contributed by atoms with E-state index in [0.29, 0.717) is 26.4 Å².